The van der Waals surface area contributed by atoms with Gasteiger partial charge >= 0.3 is 0 Å². The van der Waals surface area contributed by atoms with Gasteiger partial charge in [-0.2, -0.15) is 11.1 Å². The molecule has 0 aliphatic heterocycles. The summed E-state index contributed by atoms with van der Waals surface area (Å²) in [6.45, 7) is 0. The van der Waals surface area contributed by atoms with Crippen LogP contribution in [0.25, 0.3) is 0 Å². The lowest BCUT2D eigenvalue weighted by atomic mass is 10.0. The van der Waals surface area contributed by atoms with Crippen molar-refractivity contribution >= 4 is 31.5 Å². The van der Waals surface area contributed by atoms with Gasteiger partial charge in [-0.1, -0.05) is 24.3 Å². The average molecular weight is 303 g/mol. The van der Waals surface area contributed by atoms with E-state index in [1.807, 2.05) is 0 Å². The zero-order valence-electron chi connectivity index (χ0n) is 9.34. The molecular formula is C13H10Cl2F2Si. The van der Waals surface area contributed by atoms with Gasteiger partial charge in [-0.25, -0.2) is 8.78 Å². The van der Waals surface area contributed by atoms with E-state index in [1.165, 1.54) is 24.3 Å². The summed E-state index contributed by atoms with van der Waals surface area (Å²) in [5, 5.41) is 0. The van der Waals surface area contributed by atoms with Gasteiger partial charge in [0.15, 0.2) is 8.83 Å². The van der Waals surface area contributed by atoms with E-state index in [9.17, 15) is 8.78 Å². The molecule has 0 aliphatic rings. The van der Waals surface area contributed by atoms with Crippen molar-refractivity contribution in [1.82, 2.24) is 0 Å². The molecule has 0 atom stereocenters. The molecule has 0 bridgehead atoms. The van der Waals surface area contributed by atoms with Crippen LogP contribution in [0.15, 0.2) is 48.5 Å². The molecule has 2 aromatic rings. The molecule has 0 amide bonds. The lowest BCUT2D eigenvalue weighted by Crippen LogP contribution is -2.25. The highest BCUT2D eigenvalue weighted by Crippen LogP contribution is 2.36. The van der Waals surface area contributed by atoms with Gasteiger partial charge in [-0.3, -0.25) is 0 Å². The summed E-state index contributed by atoms with van der Waals surface area (Å²) in [4.78, 5) is 0. The summed E-state index contributed by atoms with van der Waals surface area (Å²) in [7, 11) is -1.20. The molecule has 18 heavy (non-hydrogen) atoms. The second kappa shape index (κ2) is 5.39. The number of alkyl halides is 1. The number of benzene rings is 2. The van der Waals surface area contributed by atoms with E-state index in [-0.39, 0.29) is 11.6 Å². The van der Waals surface area contributed by atoms with Crippen molar-refractivity contribution in [2.45, 2.75) is 4.50 Å². The molecule has 0 aromatic heterocycles. The van der Waals surface area contributed by atoms with Gasteiger partial charge in [-0.15, -0.1) is 11.6 Å². The second-order valence-corrected chi connectivity index (χ2v) is 7.17. The zero-order chi connectivity index (χ0) is 13.2. The summed E-state index contributed by atoms with van der Waals surface area (Å²) in [5.41, 5.74) is 1.47. The highest BCUT2D eigenvalue weighted by Gasteiger charge is 2.31. The van der Waals surface area contributed by atoms with Crippen molar-refractivity contribution in [3.8, 4) is 0 Å². The van der Waals surface area contributed by atoms with Crippen LogP contribution in [0.1, 0.15) is 11.1 Å². The first-order valence-corrected chi connectivity index (χ1v) is 8.55. The lowest BCUT2D eigenvalue weighted by molar-refractivity contribution is 0.626. The number of halogens is 4. The first kappa shape index (κ1) is 13.5. The smallest absolute Gasteiger partial charge is 0.158 e. The molecule has 0 saturated heterocycles. The SMILES string of the molecule is Fc1ccc(C(Cl)([SiH2]Cl)c2ccc(F)cc2)cc1. The second-order valence-electron chi connectivity index (χ2n) is 3.95. The van der Waals surface area contributed by atoms with Crippen LogP contribution in [0.4, 0.5) is 8.78 Å². The van der Waals surface area contributed by atoms with Crippen LogP contribution < -0.4 is 0 Å². The summed E-state index contributed by atoms with van der Waals surface area (Å²) in [6, 6.07) is 11.8. The van der Waals surface area contributed by atoms with Crippen molar-refractivity contribution < 1.29 is 8.78 Å². The Morgan fingerprint density at radius 1 is 0.778 bits per heavy atom. The molecule has 0 nitrogen and oxygen atoms in total. The summed E-state index contributed by atoms with van der Waals surface area (Å²) in [6.07, 6.45) is 0. The highest BCUT2D eigenvalue weighted by atomic mass is 35.6. The van der Waals surface area contributed by atoms with Crippen LogP contribution >= 0.6 is 22.7 Å². The first-order valence-electron chi connectivity index (χ1n) is 5.33. The Balaban J connectivity index is 2.47. The van der Waals surface area contributed by atoms with Crippen LogP contribution in [0, 0.1) is 11.6 Å². The topological polar surface area (TPSA) is 0 Å². The zero-order valence-corrected chi connectivity index (χ0v) is 12.3. The van der Waals surface area contributed by atoms with E-state index < -0.39 is 13.3 Å². The van der Waals surface area contributed by atoms with E-state index in [0.29, 0.717) is 0 Å². The van der Waals surface area contributed by atoms with Crippen LogP contribution in [-0.2, 0) is 4.50 Å². The molecule has 94 valence electrons. The Labute approximate surface area is 116 Å². The van der Waals surface area contributed by atoms with Gasteiger partial charge in [0.05, 0.1) is 4.50 Å². The normalized spacial score (nSPS) is 12.2. The Morgan fingerprint density at radius 3 is 1.39 bits per heavy atom. The molecule has 0 heterocycles. The lowest BCUT2D eigenvalue weighted by Gasteiger charge is -2.25. The van der Waals surface area contributed by atoms with Gasteiger partial charge in [0.2, 0.25) is 0 Å². The Morgan fingerprint density at radius 2 is 1.11 bits per heavy atom. The van der Waals surface area contributed by atoms with Gasteiger partial charge in [0.1, 0.15) is 11.6 Å². The third-order valence-corrected chi connectivity index (χ3v) is 6.42. The van der Waals surface area contributed by atoms with Crippen molar-refractivity contribution in [3.63, 3.8) is 0 Å². The van der Waals surface area contributed by atoms with Crippen molar-refractivity contribution in [2.24, 2.45) is 0 Å². The molecular weight excluding hydrogens is 293 g/mol. The van der Waals surface area contributed by atoms with Crippen molar-refractivity contribution in [1.29, 1.82) is 0 Å². The fourth-order valence-corrected chi connectivity index (χ4v) is 3.71. The predicted octanol–water partition coefficient (Wildman–Crippen LogP) is 3.73. The molecule has 0 radical (unpaired) electrons. The van der Waals surface area contributed by atoms with Crippen LogP contribution in [-0.4, -0.2) is 8.83 Å². The molecule has 5 heteroatoms. The average Bonchev–Trinajstić information content (AvgIpc) is 2.39. The molecule has 2 rings (SSSR count). The molecule has 0 unspecified atom stereocenters. The third-order valence-electron chi connectivity index (χ3n) is 2.79. The number of rotatable bonds is 3. The van der Waals surface area contributed by atoms with E-state index in [4.69, 9.17) is 22.7 Å². The number of hydrogen-bond donors (Lipinski definition) is 0. The summed E-state index contributed by atoms with van der Waals surface area (Å²) in [5.74, 6) is -0.652. The Bertz CT molecular complexity index is 480. The van der Waals surface area contributed by atoms with E-state index in [2.05, 4.69) is 0 Å². The maximum absolute atomic E-state index is 12.9. The minimum atomic E-state index is -1.20. The minimum absolute atomic E-state index is 0.326. The Kier molecular flexibility index (Phi) is 4.05. The third kappa shape index (κ3) is 2.58. The highest BCUT2D eigenvalue weighted by molar-refractivity contribution is 6.99. The fraction of sp³-hybridized carbons (Fsp3) is 0.0769. The monoisotopic (exact) mass is 302 g/mol. The maximum Gasteiger partial charge on any atom is 0.158 e. The van der Waals surface area contributed by atoms with E-state index >= 15 is 0 Å². The van der Waals surface area contributed by atoms with Crippen molar-refractivity contribution in [3.05, 3.63) is 71.3 Å². The largest absolute Gasteiger partial charge is 0.207 e. The van der Waals surface area contributed by atoms with Crippen LogP contribution in [0.5, 0.6) is 0 Å². The molecule has 0 fully saturated rings. The molecule has 0 saturated carbocycles. The van der Waals surface area contributed by atoms with E-state index in [1.54, 1.807) is 24.3 Å². The Hall–Kier alpha value is -0.903. The van der Waals surface area contributed by atoms with Gasteiger partial charge in [0, 0.05) is 0 Å². The molecule has 2 aromatic carbocycles. The summed E-state index contributed by atoms with van der Waals surface area (Å²) >= 11 is 12.6. The van der Waals surface area contributed by atoms with E-state index in [0.717, 1.165) is 11.1 Å². The molecule has 0 aliphatic carbocycles. The quantitative estimate of drug-likeness (QED) is 0.460. The summed E-state index contributed by atoms with van der Waals surface area (Å²) < 4.78 is 25.0. The molecule has 0 N–H and O–H groups in total. The van der Waals surface area contributed by atoms with Crippen LogP contribution in [0.3, 0.4) is 0 Å². The first-order chi connectivity index (χ1) is 8.56. The van der Waals surface area contributed by atoms with Crippen molar-refractivity contribution in [2.75, 3.05) is 0 Å². The predicted molar refractivity (Wildman–Crippen MR) is 73.8 cm³/mol. The number of hydrogen-bond acceptors (Lipinski definition) is 0. The fourth-order valence-electron chi connectivity index (χ4n) is 1.75. The van der Waals surface area contributed by atoms with Crippen LogP contribution in [0.2, 0.25) is 0 Å². The van der Waals surface area contributed by atoms with Gasteiger partial charge in [0.25, 0.3) is 0 Å². The molecule has 0 spiro atoms. The minimum Gasteiger partial charge on any atom is -0.207 e. The van der Waals surface area contributed by atoms with Gasteiger partial charge < -0.3 is 0 Å². The maximum atomic E-state index is 12.9. The van der Waals surface area contributed by atoms with Gasteiger partial charge in [-0.05, 0) is 35.4 Å². The standard InChI is InChI=1S/C13H10Cl2F2Si/c14-13(18-15,9-1-5-11(16)6-2-9)10-3-7-12(17)8-4-10/h1-8H,18H2.